The summed E-state index contributed by atoms with van der Waals surface area (Å²) >= 11 is 12.3. The minimum Gasteiger partial charge on any atom is -0.321 e. The highest BCUT2D eigenvalue weighted by Gasteiger charge is 2.21. The highest BCUT2D eigenvalue weighted by atomic mass is 35.5. The molecule has 172 valence electrons. The van der Waals surface area contributed by atoms with E-state index in [9.17, 15) is 14.4 Å². The third kappa shape index (κ3) is 4.90. The Bertz CT molecular complexity index is 1450. The second-order valence-electron chi connectivity index (χ2n) is 7.70. The smallest absolute Gasteiger partial charge is 0.321 e. The Morgan fingerprint density at radius 2 is 1.56 bits per heavy atom. The number of halogens is 2. The van der Waals surface area contributed by atoms with Gasteiger partial charge in [0.2, 0.25) is 0 Å². The predicted octanol–water partition coefficient (Wildman–Crippen LogP) is 5.53. The standard InChI is InChI=1S/C25H20Cl2N4O3/c1-14-7-9-18(13-19(14)27)28-23(32)22-12-16-11-17(26)8-10-21(16)31(22)30-25(34)24(33)29-20-6-4-3-5-15(20)2/h3-13H,1-2H3,(H,28,32)(H,29,33)(H,30,34). The molecular formula is C25H20Cl2N4O3. The van der Waals surface area contributed by atoms with Crippen molar-refractivity contribution >= 4 is 63.2 Å². The third-order valence-corrected chi connectivity index (χ3v) is 5.88. The first-order valence-corrected chi connectivity index (χ1v) is 11.0. The van der Waals surface area contributed by atoms with Crippen molar-refractivity contribution in [3.8, 4) is 0 Å². The summed E-state index contributed by atoms with van der Waals surface area (Å²) in [6.45, 7) is 3.67. The first-order chi connectivity index (χ1) is 16.2. The number of fused-ring (bicyclic) bond motifs is 1. The van der Waals surface area contributed by atoms with Crippen molar-refractivity contribution in [1.82, 2.24) is 4.68 Å². The van der Waals surface area contributed by atoms with Gasteiger partial charge in [0, 0.05) is 26.8 Å². The summed E-state index contributed by atoms with van der Waals surface area (Å²) in [7, 11) is 0. The maximum absolute atomic E-state index is 13.1. The molecule has 3 aromatic carbocycles. The maximum atomic E-state index is 13.1. The topological polar surface area (TPSA) is 92.2 Å². The van der Waals surface area contributed by atoms with Gasteiger partial charge in [-0.3, -0.25) is 19.8 Å². The summed E-state index contributed by atoms with van der Waals surface area (Å²) in [4.78, 5) is 38.4. The van der Waals surface area contributed by atoms with Crippen molar-refractivity contribution in [1.29, 1.82) is 0 Å². The van der Waals surface area contributed by atoms with Gasteiger partial charge >= 0.3 is 11.8 Å². The zero-order valence-electron chi connectivity index (χ0n) is 18.3. The second kappa shape index (κ2) is 9.59. The molecule has 0 radical (unpaired) electrons. The van der Waals surface area contributed by atoms with Crippen molar-refractivity contribution in [2.75, 3.05) is 16.1 Å². The fraction of sp³-hybridized carbons (Fsp3) is 0.0800. The van der Waals surface area contributed by atoms with Gasteiger partial charge in [0.1, 0.15) is 5.69 Å². The van der Waals surface area contributed by atoms with E-state index in [0.717, 1.165) is 11.1 Å². The molecule has 0 aliphatic rings. The van der Waals surface area contributed by atoms with Gasteiger partial charge in [0.05, 0.1) is 5.52 Å². The number of carbonyl (C=O) groups is 3. The van der Waals surface area contributed by atoms with E-state index in [4.69, 9.17) is 23.2 Å². The number of para-hydroxylation sites is 1. The molecule has 7 nitrogen and oxygen atoms in total. The summed E-state index contributed by atoms with van der Waals surface area (Å²) in [5, 5.41) is 6.92. The molecule has 1 heterocycles. The predicted molar refractivity (Wildman–Crippen MR) is 135 cm³/mol. The first-order valence-electron chi connectivity index (χ1n) is 10.3. The summed E-state index contributed by atoms with van der Waals surface area (Å²) in [6, 6.07) is 18.7. The van der Waals surface area contributed by atoms with Crippen LogP contribution in [0.5, 0.6) is 0 Å². The molecule has 0 unspecified atom stereocenters. The molecule has 4 aromatic rings. The number of benzene rings is 3. The average Bonchev–Trinajstić information content (AvgIpc) is 3.15. The van der Waals surface area contributed by atoms with Gasteiger partial charge in [-0.25, -0.2) is 4.68 Å². The van der Waals surface area contributed by atoms with E-state index in [1.165, 1.54) is 4.68 Å². The van der Waals surface area contributed by atoms with Crippen molar-refractivity contribution in [2.45, 2.75) is 13.8 Å². The molecule has 0 saturated carbocycles. The lowest BCUT2D eigenvalue weighted by atomic mass is 10.2. The zero-order chi connectivity index (χ0) is 24.4. The van der Waals surface area contributed by atoms with Crippen molar-refractivity contribution in [3.05, 3.63) is 93.6 Å². The summed E-state index contributed by atoms with van der Waals surface area (Å²) in [5.74, 6) is -2.32. The molecule has 3 N–H and O–H groups in total. The van der Waals surface area contributed by atoms with Crippen molar-refractivity contribution in [2.24, 2.45) is 0 Å². The van der Waals surface area contributed by atoms with Crippen LogP contribution < -0.4 is 16.1 Å². The number of hydrogen-bond donors (Lipinski definition) is 3. The van der Waals surface area contributed by atoms with E-state index in [2.05, 4.69) is 16.1 Å². The molecule has 9 heteroatoms. The van der Waals surface area contributed by atoms with E-state index in [0.29, 0.717) is 32.3 Å². The normalized spacial score (nSPS) is 10.7. The number of hydrogen-bond acceptors (Lipinski definition) is 3. The van der Waals surface area contributed by atoms with Crippen LogP contribution in [0.4, 0.5) is 11.4 Å². The highest BCUT2D eigenvalue weighted by Crippen LogP contribution is 2.25. The quantitative estimate of drug-likeness (QED) is 0.326. The monoisotopic (exact) mass is 494 g/mol. The molecule has 0 fully saturated rings. The van der Waals surface area contributed by atoms with Gasteiger partial charge in [0.25, 0.3) is 5.91 Å². The summed E-state index contributed by atoms with van der Waals surface area (Å²) in [6.07, 6.45) is 0. The Hall–Kier alpha value is -3.81. The molecule has 0 bridgehead atoms. The molecule has 0 aliphatic heterocycles. The molecule has 1 aromatic heterocycles. The summed E-state index contributed by atoms with van der Waals surface area (Å²) < 4.78 is 1.26. The second-order valence-corrected chi connectivity index (χ2v) is 8.54. The Balaban J connectivity index is 1.64. The molecule has 0 spiro atoms. The van der Waals surface area contributed by atoms with Crippen molar-refractivity contribution in [3.63, 3.8) is 0 Å². The minimum atomic E-state index is -0.942. The van der Waals surface area contributed by atoms with Gasteiger partial charge in [0.15, 0.2) is 0 Å². The number of nitrogens with one attached hydrogen (secondary N) is 3. The number of nitrogens with zero attached hydrogens (tertiary/aromatic N) is 1. The number of aryl methyl sites for hydroxylation is 2. The Kier molecular flexibility index (Phi) is 6.58. The van der Waals surface area contributed by atoms with Gasteiger partial charge in [-0.2, -0.15) is 0 Å². The largest absolute Gasteiger partial charge is 0.328 e. The highest BCUT2D eigenvalue weighted by molar-refractivity contribution is 6.42. The minimum absolute atomic E-state index is 0.103. The molecule has 34 heavy (non-hydrogen) atoms. The van der Waals surface area contributed by atoms with Gasteiger partial charge in [-0.15, -0.1) is 0 Å². The molecule has 0 saturated heterocycles. The van der Waals surface area contributed by atoms with Gasteiger partial charge < -0.3 is 10.6 Å². The lowest BCUT2D eigenvalue weighted by molar-refractivity contribution is -0.133. The van der Waals surface area contributed by atoms with Crippen LogP contribution in [0.15, 0.2) is 66.7 Å². The van der Waals surface area contributed by atoms with Crippen LogP contribution in [0.2, 0.25) is 10.0 Å². The fourth-order valence-electron chi connectivity index (χ4n) is 3.38. The van der Waals surface area contributed by atoms with E-state index in [1.807, 2.05) is 26.0 Å². The zero-order valence-corrected chi connectivity index (χ0v) is 19.8. The number of amides is 3. The van der Waals surface area contributed by atoms with Crippen LogP contribution in [0.25, 0.3) is 10.9 Å². The van der Waals surface area contributed by atoms with Crippen molar-refractivity contribution < 1.29 is 14.4 Å². The first kappa shape index (κ1) is 23.4. The number of anilines is 2. The van der Waals surface area contributed by atoms with E-state index in [-0.39, 0.29) is 5.69 Å². The number of aromatic nitrogens is 1. The Labute approximate surface area is 205 Å². The SMILES string of the molecule is Cc1ccc(NC(=O)c2cc3cc(Cl)ccc3n2NC(=O)C(=O)Nc2ccccc2C)cc1Cl. The van der Waals surface area contributed by atoms with Crippen LogP contribution in [0.1, 0.15) is 21.6 Å². The number of rotatable bonds is 4. The Morgan fingerprint density at radius 3 is 2.29 bits per heavy atom. The molecule has 3 amide bonds. The van der Waals surface area contributed by atoms with Crippen LogP contribution in [-0.4, -0.2) is 22.4 Å². The maximum Gasteiger partial charge on any atom is 0.328 e. The van der Waals surface area contributed by atoms with Crippen LogP contribution in [-0.2, 0) is 9.59 Å². The van der Waals surface area contributed by atoms with E-state index < -0.39 is 17.7 Å². The van der Waals surface area contributed by atoms with Crippen LogP contribution in [0.3, 0.4) is 0 Å². The molecule has 0 aliphatic carbocycles. The molecular weight excluding hydrogens is 475 g/mol. The van der Waals surface area contributed by atoms with E-state index in [1.54, 1.807) is 54.6 Å². The van der Waals surface area contributed by atoms with E-state index >= 15 is 0 Å². The summed E-state index contributed by atoms with van der Waals surface area (Å²) in [5.41, 5.74) is 5.79. The number of carbonyl (C=O) groups excluding carboxylic acids is 3. The average molecular weight is 495 g/mol. The Morgan fingerprint density at radius 1 is 0.794 bits per heavy atom. The molecule has 4 rings (SSSR count). The lowest BCUT2D eigenvalue weighted by Gasteiger charge is -2.13. The van der Waals surface area contributed by atoms with Gasteiger partial charge in [-0.1, -0.05) is 47.5 Å². The van der Waals surface area contributed by atoms with Crippen LogP contribution >= 0.6 is 23.2 Å². The third-order valence-electron chi connectivity index (χ3n) is 5.24. The lowest BCUT2D eigenvalue weighted by Crippen LogP contribution is -2.36. The van der Waals surface area contributed by atoms with Crippen LogP contribution in [0, 0.1) is 13.8 Å². The fourth-order valence-corrected chi connectivity index (χ4v) is 3.75. The molecule has 0 atom stereocenters. The van der Waals surface area contributed by atoms with Gasteiger partial charge in [-0.05, 0) is 67.4 Å².